The van der Waals surface area contributed by atoms with Crippen molar-refractivity contribution in [3.8, 4) is 0 Å². The summed E-state index contributed by atoms with van der Waals surface area (Å²) >= 11 is 0. The molecule has 2 aromatic heterocycles. The van der Waals surface area contributed by atoms with Crippen molar-refractivity contribution in [2.24, 2.45) is 20.0 Å². The molecule has 1 fully saturated rings. The Labute approximate surface area is 138 Å². The van der Waals surface area contributed by atoms with E-state index in [2.05, 4.69) is 15.4 Å². The van der Waals surface area contributed by atoms with Crippen molar-refractivity contribution in [1.29, 1.82) is 0 Å². The number of aliphatic carboxylic acids is 1. The first-order valence-corrected chi connectivity index (χ1v) is 7.73. The molecule has 2 atom stereocenters. The predicted molar refractivity (Wildman–Crippen MR) is 83.3 cm³/mol. The molecule has 1 amide bonds. The van der Waals surface area contributed by atoms with Gasteiger partial charge in [0.25, 0.3) is 5.91 Å². The van der Waals surface area contributed by atoms with E-state index in [1.807, 2.05) is 6.92 Å². The van der Waals surface area contributed by atoms with Crippen molar-refractivity contribution in [1.82, 2.24) is 29.7 Å². The Morgan fingerprint density at radius 3 is 2.62 bits per heavy atom. The Bertz CT molecular complexity index is 780. The molecule has 0 aromatic carbocycles. The fraction of sp³-hybridized carbons (Fsp3) is 0.533. The topological polar surface area (TPSA) is 106 Å². The largest absolute Gasteiger partial charge is 0.481 e. The van der Waals surface area contributed by atoms with E-state index in [9.17, 15) is 14.7 Å². The smallest absolute Gasteiger partial charge is 0.303 e. The molecule has 1 N–H and O–H groups in total. The fourth-order valence-corrected chi connectivity index (χ4v) is 3.31. The van der Waals surface area contributed by atoms with Crippen LogP contribution >= 0.6 is 0 Å². The summed E-state index contributed by atoms with van der Waals surface area (Å²) in [5.74, 6) is -1.33. The molecule has 0 saturated carbocycles. The zero-order valence-corrected chi connectivity index (χ0v) is 13.9. The van der Waals surface area contributed by atoms with Crippen LogP contribution in [0.1, 0.15) is 34.2 Å². The number of aryl methyl sites for hydroxylation is 3. The Morgan fingerprint density at radius 2 is 2.08 bits per heavy atom. The fourth-order valence-electron chi connectivity index (χ4n) is 3.31. The minimum atomic E-state index is -0.875. The van der Waals surface area contributed by atoms with Gasteiger partial charge in [0.05, 0.1) is 17.8 Å². The maximum atomic E-state index is 12.8. The van der Waals surface area contributed by atoms with Crippen LogP contribution in [0.5, 0.6) is 0 Å². The summed E-state index contributed by atoms with van der Waals surface area (Å²) in [4.78, 5) is 25.6. The number of rotatable bonds is 4. The van der Waals surface area contributed by atoms with Gasteiger partial charge in [-0.2, -0.15) is 5.10 Å². The normalized spacial score (nSPS) is 20.5. The Kier molecular flexibility index (Phi) is 4.08. The van der Waals surface area contributed by atoms with E-state index in [0.717, 1.165) is 11.4 Å². The minimum Gasteiger partial charge on any atom is -0.481 e. The summed E-state index contributed by atoms with van der Waals surface area (Å²) < 4.78 is 3.14. The van der Waals surface area contributed by atoms with Crippen molar-refractivity contribution >= 4 is 11.9 Å². The second-order valence-corrected chi connectivity index (χ2v) is 6.29. The van der Waals surface area contributed by atoms with Gasteiger partial charge in [-0.25, -0.2) is 0 Å². The van der Waals surface area contributed by atoms with Crippen LogP contribution in [0.4, 0.5) is 0 Å². The number of hydrogen-bond donors (Lipinski definition) is 1. The first kappa shape index (κ1) is 16.2. The summed E-state index contributed by atoms with van der Waals surface area (Å²) in [5, 5.41) is 21.4. The summed E-state index contributed by atoms with van der Waals surface area (Å²) in [6.07, 6.45) is 1.77. The summed E-state index contributed by atoms with van der Waals surface area (Å²) in [5.41, 5.74) is 1.99. The van der Waals surface area contributed by atoms with Gasteiger partial charge in [0.15, 0.2) is 0 Å². The standard InChI is InChI=1S/C15H20N6O3/c1-9-4-13(20(3)17-9)15(24)21-6-10(5-14(22)23)11(7-21)12-8-19(2)18-16-12/h4,8,10-11H,5-7H2,1-3H3,(H,22,23)/t10-,11+/m0/s1. The molecule has 0 unspecified atom stereocenters. The highest BCUT2D eigenvalue weighted by atomic mass is 16.4. The molecule has 1 saturated heterocycles. The summed E-state index contributed by atoms with van der Waals surface area (Å²) in [7, 11) is 3.49. The summed E-state index contributed by atoms with van der Waals surface area (Å²) in [6.45, 7) is 2.65. The zero-order valence-electron chi connectivity index (χ0n) is 13.9. The van der Waals surface area contributed by atoms with E-state index < -0.39 is 5.97 Å². The number of likely N-dealkylation sites (tertiary alicyclic amines) is 1. The van der Waals surface area contributed by atoms with Gasteiger partial charge in [0.1, 0.15) is 5.69 Å². The number of carboxylic acids is 1. The second kappa shape index (κ2) is 6.06. The lowest BCUT2D eigenvalue weighted by molar-refractivity contribution is -0.138. The first-order chi connectivity index (χ1) is 11.3. The Morgan fingerprint density at radius 1 is 1.33 bits per heavy atom. The lowest BCUT2D eigenvalue weighted by Gasteiger charge is -2.15. The van der Waals surface area contributed by atoms with Gasteiger partial charge in [-0.3, -0.25) is 19.0 Å². The van der Waals surface area contributed by atoms with Gasteiger partial charge in [-0.15, -0.1) is 5.10 Å². The molecule has 2 aromatic rings. The molecule has 1 aliphatic rings. The molecular weight excluding hydrogens is 312 g/mol. The van der Waals surface area contributed by atoms with E-state index in [-0.39, 0.29) is 24.2 Å². The number of carbonyl (C=O) groups excluding carboxylic acids is 1. The minimum absolute atomic E-state index is 0.00453. The lowest BCUT2D eigenvalue weighted by Crippen LogP contribution is -2.30. The third-order valence-corrected chi connectivity index (χ3v) is 4.39. The van der Waals surface area contributed by atoms with Gasteiger partial charge in [-0.05, 0) is 18.9 Å². The molecular formula is C15H20N6O3. The van der Waals surface area contributed by atoms with Crippen LogP contribution in [-0.4, -0.2) is 59.7 Å². The molecule has 0 radical (unpaired) electrons. The Balaban J connectivity index is 1.84. The van der Waals surface area contributed by atoms with Gasteiger partial charge in [0.2, 0.25) is 0 Å². The number of amides is 1. The molecule has 9 nitrogen and oxygen atoms in total. The quantitative estimate of drug-likeness (QED) is 0.856. The van der Waals surface area contributed by atoms with Crippen LogP contribution in [-0.2, 0) is 18.9 Å². The number of hydrogen-bond acceptors (Lipinski definition) is 5. The molecule has 9 heteroatoms. The average Bonchev–Trinajstić information content (AvgIpc) is 3.17. The van der Waals surface area contributed by atoms with Crippen LogP contribution in [0.25, 0.3) is 0 Å². The van der Waals surface area contributed by atoms with Crippen LogP contribution in [0, 0.1) is 12.8 Å². The molecule has 128 valence electrons. The van der Waals surface area contributed by atoms with Crippen LogP contribution in [0.3, 0.4) is 0 Å². The molecule has 0 spiro atoms. The van der Waals surface area contributed by atoms with Gasteiger partial charge in [-0.1, -0.05) is 5.21 Å². The van der Waals surface area contributed by atoms with E-state index in [4.69, 9.17) is 0 Å². The molecule has 3 heterocycles. The van der Waals surface area contributed by atoms with Crippen molar-refractivity contribution in [3.63, 3.8) is 0 Å². The number of carbonyl (C=O) groups is 2. The van der Waals surface area contributed by atoms with Gasteiger partial charge < -0.3 is 10.0 Å². The third kappa shape index (κ3) is 3.01. The van der Waals surface area contributed by atoms with Crippen LogP contribution in [0.15, 0.2) is 12.3 Å². The molecule has 0 aliphatic carbocycles. The second-order valence-electron chi connectivity index (χ2n) is 6.29. The lowest BCUT2D eigenvalue weighted by atomic mass is 9.91. The zero-order chi connectivity index (χ0) is 17.4. The number of nitrogens with zero attached hydrogens (tertiary/aromatic N) is 6. The number of aromatic nitrogens is 5. The Hall–Kier alpha value is -2.71. The third-order valence-electron chi connectivity index (χ3n) is 4.39. The maximum Gasteiger partial charge on any atom is 0.303 e. The molecule has 1 aliphatic heterocycles. The highest BCUT2D eigenvalue weighted by Gasteiger charge is 2.39. The SMILES string of the molecule is Cc1cc(C(=O)N2C[C@H](CC(=O)O)[C@H](c3cn(C)nn3)C2)n(C)n1. The van der Waals surface area contributed by atoms with Crippen LogP contribution in [0.2, 0.25) is 0 Å². The van der Waals surface area contributed by atoms with Crippen molar-refractivity contribution in [2.45, 2.75) is 19.3 Å². The predicted octanol–water partition coefficient (Wildman–Crippen LogP) is 0.188. The van der Waals surface area contributed by atoms with Gasteiger partial charge in [0, 0.05) is 39.3 Å². The number of carboxylic acid groups (broad SMARTS) is 1. The van der Waals surface area contributed by atoms with Crippen molar-refractivity contribution in [3.05, 3.63) is 29.3 Å². The van der Waals surface area contributed by atoms with E-state index in [1.54, 1.807) is 40.6 Å². The monoisotopic (exact) mass is 332 g/mol. The van der Waals surface area contributed by atoms with Crippen molar-refractivity contribution < 1.29 is 14.7 Å². The molecule has 0 bridgehead atoms. The van der Waals surface area contributed by atoms with E-state index >= 15 is 0 Å². The van der Waals surface area contributed by atoms with Gasteiger partial charge >= 0.3 is 5.97 Å². The molecule has 3 rings (SSSR count). The average molecular weight is 332 g/mol. The summed E-state index contributed by atoms with van der Waals surface area (Å²) in [6, 6.07) is 1.74. The highest BCUT2D eigenvalue weighted by molar-refractivity contribution is 5.93. The molecule has 24 heavy (non-hydrogen) atoms. The first-order valence-electron chi connectivity index (χ1n) is 7.73. The van der Waals surface area contributed by atoms with Crippen LogP contribution < -0.4 is 0 Å². The maximum absolute atomic E-state index is 12.8. The van der Waals surface area contributed by atoms with E-state index in [1.165, 1.54) is 0 Å². The van der Waals surface area contributed by atoms with Crippen molar-refractivity contribution in [2.75, 3.05) is 13.1 Å². The van der Waals surface area contributed by atoms with E-state index in [0.29, 0.717) is 18.8 Å². The highest BCUT2D eigenvalue weighted by Crippen LogP contribution is 2.34.